The minimum Gasteiger partial charge on any atom is -0.434 e. The van der Waals surface area contributed by atoms with Crippen molar-refractivity contribution < 1.29 is 19.1 Å². The maximum absolute atomic E-state index is 11.5. The average Bonchev–Trinajstić information content (AvgIpc) is 3.16. The predicted octanol–water partition coefficient (Wildman–Crippen LogP) is 2.51. The summed E-state index contributed by atoms with van der Waals surface area (Å²) in [6.45, 7) is 1.96. The molecule has 0 bridgehead atoms. The minimum atomic E-state index is -0.741. The number of anilines is 1. The molecule has 1 fully saturated rings. The van der Waals surface area contributed by atoms with Crippen LogP contribution in [0, 0.1) is 0 Å². The molecule has 0 heterocycles. The molecule has 0 aliphatic heterocycles. The Kier molecular flexibility index (Phi) is 4.22. The first-order valence-corrected chi connectivity index (χ1v) is 6.19. The number of carbonyl (C=O) groups excluding carboxylic acids is 2. The van der Waals surface area contributed by atoms with Crippen molar-refractivity contribution in [2.24, 2.45) is 0 Å². The first kappa shape index (κ1) is 13.2. The minimum absolute atomic E-state index is 0.221. The molecule has 2 rings (SSSR count). The van der Waals surface area contributed by atoms with Gasteiger partial charge in [-0.05, 0) is 44.0 Å². The number of ether oxygens (including phenoxy) is 2. The number of urea groups is 1. The first-order valence-electron chi connectivity index (χ1n) is 6.19. The zero-order valence-electron chi connectivity index (χ0n) is 10.6. The number of carbonyl (C=O) groups is 2. The maximum Gasteiger partial charge on any atom is 0.513 e. The molecular formula is C13H16N2O4. The number of benzene rings is 1. The number of hydrogen-bond acceptors (Lipinski definition) is 4. The molecule has 102 valence electrons. The second kappa shape index (κ2) is 6.08. The highest BCUT2D eigenvalue weighted by molar-refractivity contribution is 5.89. The Morgan fingerprint density at radius 3 is 2.53 bits per heavy atom. The lowest BCUT2D eigenvalue weighted by Gasteiger charge is -2.07. The fraction of sp³-hybridized carbons (Fsp3) is 0.385. The van der Waals surface area contributed by atoms with E-state index in [4.69, 9.17) is 4.74 Å². The van der Waals surface area contributed by atoms with Crippen LogP contribution in [0.5, 0.6) is 5.75 Å². The van der Waals surface area contributed by atoms with Crippen molar-refractivity contribution in [3.8, 4) is 5.75 Å². The van der Waals surface area contributed by atoms with Crippen LogP contribution in [0.4, 0.5) is 15.3 Å². The molecule has 1 aromatic carbocycles. The summed E-state index contributed by atoms with van der Waals surface area (Å²) in [5.41, 5.74) is 0.634. The van der Waals surface area contributed by atoms with E-state index in [2.05, 4.69) is 15.4 Å². The Morgan fingerprint density at radius 2 is 1.95 bits per heavy atom. The molecule has 6 nitrogen and oxygen atoms in total. The molecule has 0 atom stereocenters. The molecule has 0 radical (unpaired) electrons. The smallest absolute Gasteiger partial charge is 0.434 e. The van der Waals surface area contributed by atoms with Gasteiger partial charge < -0.3 is 20.1 Å². The summed E-state index contributed by atoms with van der Waals surface area (Å²) in [5, 5.41) is 5.51. The van der Waals surface area contributed by atoms with Crippen LogP contribution in [0.2, 0.25) is 0 Å². The highest BCUT2D eigenvalue weighted by atomic mass is 16.7. The van der Waals surface area contributed by atoms with Crippen LogP contribution in [0.15, 0.2) is 24.3 Å². The molecule has 2 amide bonds. The fourth-order valence-corrected chi connectivity index (χ4v) is 1.43. The molecule has 1 aliphatic rings. The van der Waals surface area contributed by atoms with Gasteiger partial charge in [0.25, 0.3) is 0 Å². The van der Waals surface area contributed by atoms with Crippen molar-refractivity contribution in [1.82, 2.24) is 5.32 Å². The summed E-state index contributed by atoms with van der Waals surface area (Å²) in [7, 11) is 0. The summed E-state index contributed by atoms with van der Waals surface area (Å²) in [4.78, 5) is 22.6. The molecule has 1 aromatic rings. The van der Waals surface area contributed by atoms with Gasteiger partial charge in [0.1, 0.15) is 5.75 Å². The van der Waals surface area contributed by atoms with Gasteiger partial charge in [0.15, 0.2) is 0 Å². The van der Waals surface area contributed by atoms with Crippen molar-refractivity contribution in [3.63, 3.8) is 0 Å². The summed E-state index contributed by atoms with van der Waals surface area (Å²) in [6, 6.07) is 6.57. The van der Waals surface area contributed by atoms with Crippen LogP contribution in [-0.2, 0) is 4.74 Å². The third-order valence-electron chi connectivity index (χ3n) is 2.49. The van der Waals surface area contributed by atoms with E-state index < -0.39 is 6.16 Å². The Labute approximate surface area is 111 Å². The van der Waals surface area contributed by atoms with Crippen LogP contribution in [-0.4, -0.2) is 24.8 Å². The standard InChI is InChI=1S/C13H16N2O4/c1-2-18-13(17)19-11-7-5-10(6-8-11)15-12(16)14-9-3-4-9/h5-9H,2-4H2,1H3,(H2,14,15,16). The van der Waals surface area contributed by atoms with E-state index in [-0.39, 0.29) is 12.6 Å². The zero-order valence-corrected chi connectivity index (χ0v) is 10.6. The fourth-order valence-electron chi connectivity index (χ4n) is 1.43. The molecule has 2 N–H and O–H groups in total. The van der Waals surface area contributed by atoms with Crippen LogP contribution in [0.1, 0.15) is 19.8 Å². The third-order valence-corrected chi connectivity index (χ3v) is 2.49. The van der Waals surface area contributed by atoms with Crippen LogP contribution in [0.25, 0.3) is 0 Å². The van der Waals surface area contributed by atoms with Gasteiger partial charge in [-0.2, -0.15) is 0 Å². The van der Waals surface area contributed by atoms with Crippen molar-refractivity contribution in [2.45, 2.75) is 25.8 Å². The van der Waals surface area contributed by atoms with Crippen molar-refractivity contribution in [2.75, 3.05) is 11.9 Å². The number of nitrogens with one attached hydrogen (secondary N) is 2. The Hall–Kier alpha value is -2.24. The second-order valence-corrected chi connectivity index (χ2v) is 4.18. The summed E-state index contributed by atoms with van der Waals surface area (Å²) >= 11 is 0. The maximum atomic E-state index is 11.5. The van der Waals surface area contributed by atoms with Crippen LogP contribution < -0.4 is 15.4 Å². The summed E-state index contributed by atoms with van der Waals surface area (Å²) in [5.74, 6) is 0.367. The molecule has 1 aliphatic carbocycles. The van der Waals surface area contributed by atoms with E-state index in [1.54, 1.807) is 31.2 Å². The van der Waals surface area contributed by atoms with Gasteiger partial charge in [-0.15, -0.1) is 0 Å². The quantitative estimate of drug-likeness (QED) is 0.647. The number of rotatable bonds is 4. The SMILES string of the molecule is CCOC(=O)Oc1ccc(NC(=O)NC2CC2)cc1. The van der Waals surface area contributed by atoms with Gasteiger partial charge in [0.05, 0.1) is 6.61 Å². The van der Waals surface area contributed by atoms with Gasteiger partial charge in [-0.1, -0.05) is 0 Å². The van der Waals surface area contributed by atoms with Crippen molar-refractivity contribution in [3.05, 3.63) is 24.3 Å². The Balaban J connectivity index is 1.83. The topological polar surface area (TPSA) is 76.7 Å². The van der Waals surface area contributed by atoms with Gasteiger partial charge in [-0.3, -0.25) is 0 Å². The van der Waals surface area contributed by atoms with E-state index in [9.17, 15) is 9.59 Å². The molecule has 0 saturated heterocycles. The third kappa shape index (κ3) is 4.50. The zero-order chi connectivity index (χ0) is 13.7. The Morgan fingerprint density at radius 1 is 1.26 bits per heavy atom. The van der Waals surface area contributed by atoms with Crippen LogP contribution >= 0.6 is 0 Å². The molecular weight excluding hydrogens is 248 g/mol. The number of hydrogen-bond donors (Lipinski definition) is 2. The van der Waals surface area contributed by atoms with E-state index >= 15 is 0 Å². The van der Waals surface area contributed by atoms with Crippen LogP contribution in [0.3, 0.4) is 0 Å². The van der Waals surface area contributed by atoms with E-state index in [0.29, 0.717) is 17.5 Å². The lowest BCUT2D eigenvalue weighted by molar-refractivity contribution is 0.104. The van der Waals surface area contributed by atoms with E-state index in [0.717, 1.165) is 12.8 Å². The summed E-state index contributed by atoms with van der Waals surface area (Å²) in [6.07, 6.45) is 1.34. The highest BCUT2D eigenvalue weighted by Gasteiger charge is 2.23. The average molecular weight is 264 g/mol. The molecule has 19 heavy (non-hydrogen) atoms. The van der Waals surface area contributed by atoms with Gasteiger partial charge in [0, 0.05) is 11.7 Å². The predicted molar refractivity (Wildman–Crippen MR) is 69.3 cm³/mol. The Bertz CT molecular complexity index is 454. The molecule has 6 heteroatoms. The summed E-state index contributed by atoms with van der Waals surface area (Å²) < 4.78 is 9.55. The molecule has 1 saturated carbocycles. The highest BCUT2D eigenvalue weighted by Crippen LogP contribution is 2.19. The van der Waals surface area contributed by atoms with Gasteiger partial charge in [0.2, 0.25) is 0 Å². The van der Waals surface area contributed by atoms with Gasteiger partial charge in [-0.25, -0.2) is 9.59 Å². The van der Waals surface area contributed by atoms with Crippen molar-refractivity contribution in [1.29, 1.82) is 0 Å². The van der Waals surface area contributed by atoms with E-state index in [1.165, 1.54) is 0 Å². The number of amides is 2. The normalized spacial score (nSPS) is 13.5. The molecule has 0 aromatic heterocycles. The molecule has 0 unspecified atom stereocenters. The van der Waals surface area contributed by atoms with E-state index in [1.807, 2.05) is 0 Å². The second-order valence-electron chi connectivity index (χ2n) is 4.18. The van der Waals surface area contributed by atoms with Crippen molar-refractivity contribution >= 4 is 17.9 Å². The largest absolute Gasteiger partial charge is 0.513 e. The lowest BCUT2D eigenvalue weighted by Crippen LogP contribution is -2.30. The lowest BCUT2D eigenvalue weighted by atomic mass is 10.3. The molecule has 0 spiro atoms. The van der Waals surface area contributed by atoms with Gasteiger partial charge >= 0.3 is 12.2 Å². The first-order chi connectivity index (χ1) is 9.17. The monoisotopic (exact) mass is 264 g/mol.